The van der Waals surface area contributed by atoms with Crippen molar-refractivity contribution in [1.82, 2.24) is 9.47 Å². The summed E-state index contributed by atoms with van der Waals surface area (Å²) in [5.74, 6) is -0.0233. The molecule has 1 aliphatic heterocycles. The summed E-state index contributed by atoms with van der Waals surface area (Å²) in [4.78, 5) is 26.0. The molecular formula is C17H26N2O3. The van der Waals surface area contributed by atoms with Gasteiger partial charge in [0.25, 0.3) is 0 Å². The van der Waals surface area contributed by atoms with E-state index >= 15 is 0 Å². The molecule has 0 saturated carbocycles. The van der Waals surface area contributed by atoms with Crippen molar-refractivity contribution in [1.29, 1.82) is 0 Å². The van der Waals surface area contributed by atoms with Crippen molar-refractivity contribution < 1.29 is 14.3 Å². The van der Waals surface area contributed by atoms with E-state index in [1.165, 1.54) is 5.69 Å². The van der Waals surface area contributed by atoms with Crippen LogP contribution in [-0.2, 0) is 27.8 Å². The minimum Gasteiger partial charge on any atom is -0.466 e. The molecule has 0 spiro atoms. The number of aromatic nitrogens is 1. The van der Waals surface area contributed by atoms with Gasteiger partial charge in [0, 0.05) is 31.5 Å². The molecule has 2 rings (SSSR count). The monoisotopic (exact) mass is 306 g/mol. The van der Waals surface area contributed by atoms with Crippen LogP contribution in [0.3, 0.4) is 0 Å². The highest BCUT2D eigenvalue weighted by Gasteiger charge is 2.28. The van der Waals surface area contributed by atoms with Gasteiger partial charge in [-0.25, -0.2) is 0 Å². The van der Waals surface area contributed by atoms with E-state index < -0.39 is 0 Å². The molecule has 1 fully saturated rings. The molecule has 0 radical (unpaired) electrons. The number of carbonyl (C=O) groups excluding carboxylic acids is 2. The van der Waals surface area contributed by atoms with Crippen molar-refractivity contribution in [2.75, 3.05) is 19.7 Å². The lowest BCUT2D eigenvalue weighted by Crippen LogP contribution is -2.41. The van der Waals surface area contributed by atoms with E-state index in [1.54, 1.807) is 0 Å². The number of aryl methyl sites for hydroxylation is 1. The molecule has 2 heterocycles. The largest absolute Gasteiger partial charge is 0.466 e. The summed E-state index contributed by atoms with van der Waals surface area (Å²) in [5.41, 5.74) is 3.41. The van der Waals surface area contributed by atoms with E-state index in [2.05, 4.69) is 10.6 Å². The molecule has 22 heavy (non-hydrogen) atoms. The predicted molar refractivity (Wildman–Crippen MR) is 84.5 cm³/mol. The standard InChI is InChI=1S/C17H26N2O3/c1-5-22-17(21)14-6-8-19(9-7-14)16(20)11-15-10-12(2)18(4)13(15)3/h10,14H,5-9,11H2,1-4H3. The molecule has 1 aliphatic rings. The van der Waals surface area contributed by atoms with Gasteiger partial charge in [-0.05, 0) is 45.2 Å². The lowest BCUT2D eigenvalue weighted by Gasteiger charge is -2.31. The van der Waals surface area contributed by atoms with Crippen molar-refractivity contribution in [3.05, 3.63) is 23.0 Å². The van der Waals surface area contributed by atoms with Gasteiger partial charge >= 0.3 is 5.97 Å². The first kappa shape index (κ1) is 16.6. The van der Waals surface area contributed by atoms with Crippen molar-refractivity contribution in [2.24, 2.45) is 13.0 Å². The SMILES string of the molecule is CCOC(=O)C1CCN(C(=O)Cc2cc(C)n(C)c2C)CC1. The third kappa shape index (κ3) is 3.51. The Morgan fingerprint density at radius 3 is 2.41 bits per heavy atom. The Labute approximate surface area is 132 Å². The lowest BCUT2D eigenvalue weighted by molar-refractivity contribution is -0.151. The highest BCUT2D eigenvalue weighted by atomic mass is 16.5. The van der Waals surface area contributed by atoms with Gasteiger partial charge < -0.3 is 14.2 Å². The Morgan fingerprint density at radius 1 is 1.27 bits per heavy atom. The summed E-state index contributed by atoms with van der Waals surface area (Å²) in [6.45, 7) is 7.63. The van der Waals surface area contributed by atoms with Crippen LogP contribution >= 0.6 is 0 Å². The Bertz CT molecular complexity index is 554. The van der Waals surface area contributed by atoms with Crippen LogP contribution in [0, 0.1) is 19.8 Å². The molecule has 5 nitrogen and oxygen atoms in total. The summed E-state index contributed by atoms with van der Waals surface area (Å²) in [7, 11) is 2.02. The molecule has 122 valence electrons. The molecule has 1 saturated heterocycles. The molecule has 0 aromatic carbocycles. The predicted octanol–water partition coefficient (Wildman–Crippen LogP) is 1.99. The first-order chi connectivity index (χ1) is 10.4. The van der Waals surface area contributed by atoms with Crippen molar-refractivity contribution >= 4 is 11.9 Å². The molecular weight excluding hydrogens is 280 g/mol. The van der Waals surface area contributed by atoms with Gasteiger partial charge in [0.05, 0.1) is 18.9 Å². The average molecular weight is 306 g/mol. The molecule has 1 aromatic rings. The first-order valence-corrected chi connectivity index (χ1v) is 8.00. The summed E-state index contributed by atoms with van der Waals surface area (Å²) >= 11 is 0. The second-order valence-corrected chi connectivity index (χ2v) is 6.04. The Kier molecular flexibility index (Phi) is 5.27. The zero-order valence-corrected chi connectivity index (χ0v) is 14.0. The minimum atomic E-state index is -0.121. The zero-order valence-electron chi connectivity index (χ0n) is 14.0. The van der Waals surface area contributed by atoms with Crippen molar-refractivity contribution in [3.63, 3.8) is 0 Å². The molecule has 0 unspecified atom stereocenters. The molecule has 0 bridgehead atoms. The van der Waals surface area contributed by atoms with Gasteiger partial charge in [0.2, 0.25) is 5.91 Å². The van der Waals surface area contributed by atoms with Crippen LogP contribution in [0.2, 0.25) is 0 Å². The Morgan fingerprint density at radius 2 is 1.91 bits per heavy atom. The topological polar surface area (TPSA) is 51.5 Å². The molecule has 0 N–H and O–H groups in total. The summed E-state index contributed by atoms with van der Waals surface area (Å²) in [6, 6.07) is 2.08. The fraction of sp³-hybridized carbons (Fsp3) is 0.647. The van der Waals surface area contributed by atoms with Gasteiger partial charge in [0.15, 0.2) is 0 Å². The fourth-order valence-corrected chi connectivity index (χ4v) is 3.01. The third-order valence-corrected chi connectivity index (χ3v) is 4.69. The quantitative estimate of drug-likeness (QED) is 0.799. The Hall–Kier alpha value is -1.78. The first-order valence-electron chi connectivity index (χ1n) is 8.00. The number of amides is 1. The van der Waals surface area contributed by atoms with E-state index in [0.29, 0.717) is 39.0 Å². The maximum atomic E-state index is 12.4. The summed E-state index contributed by atoms with van der Waals surface area (Å²) in [6.07, 6.45) is 1.85. The number of hydrogen-bond donors (Lipinski definition) is 0. The van der Waals surface area contributed by atoms with E-state index in [4.69, 9.17) is 4.74 Å². The highest BCUT2D eigenvalue weighted by Crippen LogP contribution is 2.21. The number of carbonyl (C=O) groups is 2. The smallest absolute Gasteiger partial charge is 0.309 e. The number of hydrogen-bond acceptors (Lipinski definition) is 3. The number of ether oxygens (including phenoxy) is 1. The number of nitrogens with zero attached hydrogens (tertiary/aromatic N) is 2. The van der Waals surface area contributed by atoms with Gasteiger partial charge in [0.1, 0.15) is 0 Å². The number of piperidine rings is 1. The third-order valence-electron chi connectivity index (χ3n) is 4.69. The second kappa shape index (κ2) is 6.99. The summed E-state index contributed by atoms with van der Waals surface area (Å²) in [5, 5.41) is 0. The van der Waals surface area contributed by atoms with E-state index in [0.717, 1.165) is 11.3 Å². The normalized spacial score (nSPS) is 15.9. The van der Waals surface area contributed by atoms with Gasteiger partial charge in [-0.1, -0.05) is 0 Å². The fourth-order valence-electron chi connectivity index (χ4n) is 3.01. The van der Waals surface area contributed by atoms with Crippen molar-refractivity contribution in [2.45, 2.75) is 40.0 Å². The minimum absolute atomic E-state index is 0.0512. The van der Waals surface area contributed by atoms with Crippen LogP contribution in [0.1, 0.15) is 36.7 Å². The van der Waals surface area contributed by atoms with Crippen LogP contribution < -0.4 is 0 Å². The van der Waals surface area contributed by atoms with Gasteiger partial charge in [-0.2, -0.15) is 0 Å². The van der Waals surface area contributed by atoms with Crippen LogP contribution in [0.15, 0.2) is 6.07 Å². The maximum Gasteiger partial charge on any atom is 0.309 e. The van der Waals surface area contributed by atoms with Crippen LogP contribution in [0.25, 0.3) is 0 Å². The second-order valence-electron chi connectivity index (χ2n) is 6.04. The molecule has 0 aliphatic carbocycles. The van der Waals surface area contributed by atoms with Crippen molar-refractivity contribution in [3.8, 4) is 0 Å². The molecule has 1 aromatic heterocycles. The number of rotatable bonds is 4. The van der Waals surface area contributed by atoms with Crippen LogP contribution in [0.4, 0.5) is 0 Å². The van der Waals surface area contributed by atoms with Gasteiger partial charge in [-0.3, -0.25) is 9.59 Å². The van der Waals surface area contributed by atoms with E-state index in [-0.39, 0.29) is 17.8 Å². The van der Waals surface area contributed by atoms with Gasteiger partial charge in [-0.15, -0.1) is 0 Å². The molecule has 1 amide bonds. The molecule has 5 heteroatoms. The van der Waals surface area contributed by atoms with E-state index in [9.17, 15) is 9.59 Å². The Balaban J connectivity index is 1.90. The summed E-state index contributed by atoms with van der Waals surface area (Å²) < 4.78 is 7.17. The van der Waals surface area contributed by atoms with Crippen LogP contribution in [-0.4, -0.2) is 41.0 Å². The van der Waals surface area contributed by atoms with Crippen LogP contribution in [0.5, 0.6) is 0 Å². The molecule has 0 atom stereocenters. The number of esters is 1. The number of likely N-dealkylation sites (tertiary alicyclic amines) is 1. The average Bonchev–Trinajstić information content (AvgIpc) is 2.75. The zero-order chi connectivity index (χ0) is 16.3. The van der Waals surface area contributed by atoms with E-state index in [1.807, 2.05) is 32.7 Å². The highest BCUT2D eigenvalue weighted by molar-refractivity contribution is 5.80. The lowest BCUT2D eigenvalue weighted by atomic mass is 9.96. The maximum absolute atomic E-state index is 12.4.